The topological polar surface area (TPSA) is 61.4 Å². The first-order valence-corrected chi connectivity index (χ1v) is 6.94. The molecule has 0 bridgehead atoms. The van der Waals surface area contributed by atoms with Gasteiger partial charge in [0, 0.05) is 31.5 Å². The van der Waals surface area contributed by atoms with Gasteiger partial charge >= 0.3 is 0 Å². The van der Waals surface area contributed by atoms with E-state index in [1.165, 1.54) is 25.7 Å². The first-order valence-electron chi connectivity index (χ1n) is 6.94. The summed E-state index contributed by atoms with van der Waals surface area (Å²) in [4.78, 5) is 12.0. The second-order valence-corrected chi connectivity index (χ2v) is 5.42. The van der Waals surface area contributed by atoms with Crippen LogP contribution in [0, 0.1) is 11.8 Å². The van der Waals surface area contributed by atoms with Gasteiger partial charge in [0.15, 0.2) is 0 Å². The SMILES string of the molecule is Cl.O=C(NCC1CNCC1O)C1CCCCCC1. The highest BCUT2D eigenvalue weighted by Crippen LogP contribution is 2.23. The molecule has 0 spiro atoms. The first kappa shape index (κ1) is 15.7. The number of nitrogens with one attached hydrogen (secondary N) is 2. The summed E-state index contributed by atoms with van der Waals surface area (Å²) in [6.07, 6.45) is 6.69. The number of halogens is 1. The summed E-state index contributed by atoms with van der Waals surface area (Å²) in [6, 6.07) is 0. The Morgan fingerprint density at radius 3 is 2.39 bits per heavy atom. The maximum Gasteiger partial charge on any atom is 0.223 e. The average Bonchev–Trinajstić information content (AvgIpc) is 2.58. The van der Waals surface area contributed by atoms with Crippen LogP contribution in [-0.2, 0) is 4.79 Å². The lowest BCUT2D eigenvalue weighted by atomic mass is 9.99. The number of amides is 1. The van der Waals surface area contributed by atoms with Crippen molar-refractivity contribution in [1.29, 1.82) is 0 Å². The Balaban J connectivity index is 0.00000162. The van der Waals surface area contributed by atoms with Gasteiger partial charge < -0.3 is 15.7 Å². The molecule has 3 N–H and O–H groups in total. The zero-order valence-corrected chi connectivity index (χ0v) is 11.7. The molecule has 18 heavy (non-hydrogen) atoms. The summed E-state index contributed by atoms with van der Waals surface area (Å²) >= 11 is 0. The third kappa shape index (κ3) is 4.41. The highest BCUT2D eigenvalue weighted by Gasteiger charge is 2.26. The van der Waals surface area contributed by atoms with Crippen LogP contribution in [-0.4, -0.2) is 36.8 Å². The predicted molar refractivity (Wildman–Crippen MR) is 73.8 cm³/mol. The van der Waals surface area contributed by atoms with Crippen molar-refractivity contribution in [2.24, 2.45) is 11.8 Å². The number of hydrogen-bond donors (Lipinski definition) is 3. The van der Waals surface area contributed by atoms with E-state index in [1.54, 1.807) is 0 Å². The van der Waals surface area contributed by atoms with Crippen LogP contribution in [0.3, 0.4) is 0 Å². The highest BCUT2D eigenvalue weighted by atomic mass is 35.5. The minimum absolute atomic E-state index is 0. The van der Waals surface area contributed by atoms with E-state index in [9.17, 15) is 9.90 Å². The highest BCUT2D eigenvalue weighted by molar-refractivity contribution is 5.85. The van der Waals surface area contributed by atoms with E-state index in [2.05, 4.69) is 10.6 Å². The molecular weight excluding hydrogens is 252 g/mol. The fraction of sp³-hybridized carbons (Fsp3) is 0.923. The van der Waals surface area contributed by atoms with E-state index in [0.717, 1.165) is 19.4 Å². The van der Waals surface area contributed by atoms with E-state index < -0.39 is 0 Å². The first-order chi connectivity index (χ1) is 8.27. The number of aliphatic hydroxyl groups is 1. The van der Waals surface area contributed by atoms with Crippen LogP contribution in [0.15, 0.2) is 0 Å². The van der Waals surface area contributed by atoms with Crippen LogP contribution < -0.4 is 10.6 Å². The Morgan fingerprint density at radius 1 is 1.17 bits per heavy atom. The lowest BCUT2D eigenvalue weighted by molar-refractivity contribution is -0.125. The van der Waals surface area contributed by atoms with Gasteiger partial charge in [0.2, 0.25) is 5.91 Å². The second-order valence-electron chi connectivity index (χ2n) is 5.42. The lowest BCUT2D eigenvalue weighted by Gasteiger charge is -2.18. The van der Waals surface area contributed by atoms with Gasteiger partial charge in [0.25, 0.3) is 0 Å². The smallest absolute Gasteiger partial charge is 0.223 e. The summed E-state index contributed by atoms with van der Waals surface area (Å²) in [5.74, 6) is 0.597. The van der Waals surface area contributed by atoms with Gasteiger partial charge in [-0.15, -0.1) is 12.4 Å². The van der Waals surface area contributed by atoms with Crippen molar-refractivity contribution in [3.8, 4) is 0 Å². The largest absolute Gasteiger partial charge is 0.391 e. The van der Waals surface area contributed by atoms with Crippen molar-refractivity contribution in [3.05, 3.63) is 0 Å². The summed E-state index contributed by atoms with van der Waals surface area (Å²) in [5, 5.41) is 15.8. The monoisotopic (exact) mass is 276 g/mol. The molecule has 0 radical (unpaired) electrons. The molecule has 2 rings (SSSR count). The molecule has 4 nitrogen and oxygen atoms in total. The Labute approximate surface area is 115 Å². The molecule has 2 fully saturated rings. The predicted octanol–water partition coefficient (Wildman–Crippen LogP) is 1.08. The maximum absolute atomic E-state index is 12.0. The minimum atomic E-state index is -0.301. The van der Waals surface area contributed by atoms with Gasteiger partial charge in [-0.25, -0.2) is 0 Å². The molecule has 5 heteroatoms. The van der Waals surface area contributed by atoms with Gasteiger partial charge in [0.05, 0.1) is 6.10 Å². The zero-order valence-electron chi connectivity index (χ0n) is 10.9. The van der Waals surface area contributed by atoms with Crippen LogP contribution in [0.25, 0.3) is 0 Å². The zero-order chi connectivity index (χ0) is 12.1. The van der Waals surface area contributed by atoms with E-state index in [4.69, 9.17) is 0 Å². The van der Waals surface area contributed by atoms with Gasteiger partial charge in [-0.3, -0.25) is 4.79 Å². The minimum Gasteiger partial charge on any atom is -0.391 e. The normalized spacial score (nSPS) is 29.4. The standard InChI is InChI=1S/C13H24N2O2.ClH/c16-12-9-14-7-11(12)8-15-13(17)10-5-3-1-2-4-6-10;/h10-12,14,16H,1-9H2,(H,15,17);1H. The van der Waals surface area contributed by atoms with E-state index in [0.29, 0.717) is 13.1 Å². The fourth-order valence-corrected chi connectivity index (χ4v) is 2.85. The third-order valence-electron chi connectivity index (χ3n) is 4.07. The van der Waals surface area contributed by atoms with E-state index >= 15 is 0 Å². The van der Waals surface area contributed by atoms with Gasteiger partial charge in [0.1, 0.15) is 0 Å². The van der Waals surface area contributed by atoms with Gasteiger partial charge in [-0.05, 0) is 12.8 Å². The Hall–Kier alpha value is -0.320. The van der Waals surface area contributed by atoms with Crippen molar-refractivity contribution >= 4 is 18.3 Å². The molecule has 0 aromatic rings. The van der Waals surface area contributed by atoms with Crippen LogP contribution in [0.2, 0.25) is 0 Å². The summed E-state index contributed by atoms with van der Waals surface area (Å²) in [7, 11) is 0. The van der Waals surface area contributed by atoms with E-state index in [1.807, 2.05) is 0 Å². The number of β-amino-alcohol motifs (C(OH)–C–C–N with tert-alkyl or cyclic N) is 1. The summed E-state index contributed by atoms with van der Waals surface area (Å²) in [5.41, 5.74) is 0. The molecule has 106 valence electrons. The van der Waals surface area contributed by atoms with Crippen molar-refractivity contribution in [1.82, 2.24) is 10.6 Å². The second kappa shape index (κ2) is 7.97. The molecule has 1 saturated heterocycles. The van der Waals surface area contributed by atoms with Gasteiger partial charge in [-0.1, -0.05) is 25.7 Å². The number of hydrogen-bond acceptors (Lipinski definition) is 3. The van der Waals surface area contributed by atoms with Crippen LogP contribution in [0.5, 0.6) is 0 Å². The van der Waals surface area contributed by atoms with Crippen molar-refractivity contribution in [2.75, 3.05) is 19.6 Å². The summed E-state index contributed by atoms with van der Waals surface area (Å²) in [6.45, 7) is 2.08. The molecule has 1 aliphatic carbocycles. The quantitative estimate of drug-likeness (QED) is 0.676. The van der Waals surface area contributed by atoms with Crippen LogP contribution >= 0.6 is 12.4 Å². The Bertz CT molecular complexity index is 255. The van der Waals surface area contributed by atoms with Gasteiger partial charge in [-0.2, -0.15) is 0 Å². The van der Waals surface area contributed by atoms with Crippen LogP contribution in [0.4, 0.5) is 0 Å². The molecule has 2 unspecified atom stereocenters. The molecular formula is C13H25ClN2O2. The summed E-state index contributed by atoms with van der Waals surface area (Å²) < 4.78 is 0. The molecule has 0 aromatic heterocycles. The van der Waals surface area contributed by atoms with E-state index in [-0.39, 0.29) is 36.3 Å². The van der Waals surface area contributed by atoms with Crippen LogP contribution in [0.1, 0.15) is 38.5 Å². The number of rotatable bonds is 3. The average molecular weight is 277 g/mol. The van der Waals surface area contributed by atoms with Crippen molar-refractivity contribution < 1.29 is 9.90 Å². The molecule has 0 aromatic carbocycles. The van der Waals surface area contributed by atoms with Crippen molar-refractivity contribution in [3.63, 3.8) is 0 Å². The number of aliphatic hydroxyl groups excluding tert-OH is 1. The number of carbonyl (C=O) groups is 1. The fourth-order valence-electron chi connectivity index (χ4n) is 2.85. The Kier molecular flexibility index (Phi) is 6.97. The molecule has 1 aliphatic heterocycles. The molecule has 1 saturated carbocycles. The van der Waals surface area contributed by atoms with Crippen molar-refractivity contribution in [2.45, 2.75) is 44.6 Å². The third-order valence-corrected chi connectivity index (χ3v) is 4.07. The lowest BCUT2D eigenvalue weighted by Crippen LogP contribution is -2.37. The molecule has 2 aliphatic rings. The molecule has 1 heterocycles. The Morgan fingerprint density at radius 2 is 1.83 bits per heavy atom. The number of carbonyl (C=O) groups excluding carboxylic acids is 1. The molecule has 1 amide bonds. The molecule has 2 atom stereocenters. The maximum atomic E-state index is 12.0.